The van der Waals surface area contributed by atoms with Crippen molar-refractivity contribution in [2.24, 2.45) is 0 Å². The first-order chi connectivity index (χ1) is 6.11. The molecule has 0 saturated heterocycles. The molecule has 0 spiro atoms. The highest BCUT2D eigenvalue weighted by Crippen LogP contribution is 2.14. The van der Waals surface area contributed by atoms with Gasteiger partial charge in [0.25, 0.3) is 0 Å². The van der Waals surface area contributed by atoms with Crippen molar-refractivity contribution in [2.75, 3.05) is 13.1 Å². The zero-order valence-corrected chi connectivity index (χ0v) is 7.52. The van der Waals surface area contributed by atoms with E-state index in [0.29, 0.717) is 12.2 Å². The Kier molecular flexibility index (Phi) is 3.00. The van der Waals surface area contributed by atoms with Crippen LogP contribution in [0.5, 0.6) is 0 Å². The molecule has 0 unspecified atom stereocenters. The lowest BCUT2D eigenvalue weighted by Gasteiger charge is -2.25. The van der Waals surface area contributed by atoms with E-state index in [-0.39, 0.29) is 12.5 Å². The fraction of sp³-hybridized carbons (Fsp3) is 0.625. The molecular weight excluding hydrogens is 172 g/mol. The van der Waals surface area contributed by atoms with Crippen molar-refractivity contribution >= 4 is 5.91 Å². The lowest BCUT2D eigenvalue weighted by Crippen LogP contribution is -2.34. The maximum Gasteiger partial charge on any atom is 0.243 e. The minimum Gasteiger partial charge on any atom is -0.311 e. The smallest absolute Gasteiger partial charge is 0.243 e. The molecule has 1 rings (SSSR count). The first-order valence-electron chi connectivity index (χ1n) is 4.20. The number of carbonyl (C=O) groups is 1. The van der Waals surface area contributed by atoms with Crippen molar-refractivity contribution in [1.82, 2.24) is 4.90 Å². The van der Waals surface area contributed by atoms with Gasteiger partial charge in [0.1, 0.15) is 0 Å². The Labute approximate surface area is 76.2 Å². The van der Waals surface area contributed by atoms with E-state index in [9.17, 15) is 14.9 Å². The summed E-state index contributed by atoms with van der Waals surface area (Å²) in [6.07, 6.45) is 3.49. The molecule has 0 aromatic heterocycles. The van der Waals surface area contributed by atoms with Gasteiger partial charge in [-0.2, -0.15) is 0 Å². The molecule has 5 heteroatoms. The van der Waals surface area contributed by atoms with Gasteiger partial charge in [-0.1, -0.05) is 6.08 Å². The Morgan fingerprint density at radius 3 is 3.00 bits per heavy atom. The van der Waals surface area contributed by atoms with Crippen LogP contribution in [0.1, 0.15) is 19.8 Å². The second-order valence-electron chi connectivity index (χ2n) is 3.00. The zero-order chi connectivity index (χ0) is 9.84. The largest absolute Gasteiger partial charge is 0.311 e. The van der Waals surface area contributed by atoms with E-state index >= 15 is 0 Å². The molecule has 1 amide bonds. The number of carbonyl (C=O) groups excluding carboxylic acids is 1. The molecule has 13 heavy (non-hydrogen) atoms. The third-order valence-electron chi connectivity index (χ3n) is 1.98. The predicted molar refractivity (Wildman–Crippen MR) is 46.6 cm³/mol. The van der Waals surface area contributed by atoms with Crippen LogP contribution in [-0.2, 0) is 4.79 Å². The molecule has 0 atom stereocenters. The summed E-state index contributed by atoms with van der Waals surface area (Å²) in [6, 6.07) is 0. The molecule has 0 saturated carbocycles. The summed E-state index contributed by atoms with van der Waals surface area (Å²) in [5, 5.41) is 10.3. The molecule has 1 aliphatic rings. The van der Waals surface area contributed by atoms with Crippen molar-refractivity contribution in [2.45, 2.75) is 19.8 Å². The van der Waals surface area contributed by atoms with Gasteiger partial charge in [-0.15, -0.1) is 0 Å². The van der Waals surface area contributed by atoms with Crippen LogP contribution in [-0.4, -0.2) is 28.8 Å². The molecule has 0 bridgehead atoms. The minimum atomic E-state index is -0.410. The molecule has 1 heterocycles. The first kappa shape index (κ1) is 9.70. The Morgan fingerprint density at radius 1 is 1.77 bits per heavy atom. The van der Waals surface area contributed by atoms with E-state index in [1.54, 1.807) is 6.08 Å². The Bertz CT molecular complexity index is 260. The lowest BCUT2D eigenvalue weighted by molar-refractivity contribution is -0.472. The Morgan fingerprint density at radius 2 is 2.46 bits per heavy atom. The number of allylic oxidation sites excluding steroid dienone is 1. The molecule has 0 aromatic carbocycles. The van der Waals surface area contributed by atoms with Gasteiger partial charge in [0.05, 0.1) is 5.70 Å². The van der Waals surface area contributed by atoms with Gasteiger partial charge < -0.3 is 4.90 Å². The zero-order valence-electron chi connectivity index (χ0n) is 7.52. The van der Waals surface area contributed by atoms with Crippen molar-refractivity contribution < 1.29 is 9.72 Å². The van der Waals surface area contributed by atoms with Crippen LogP contribution in [0, 0.1) is 10.1 Å². The number of amides is 1. The van der Waals surface area contributed by atoms with E-state index in [1.807, 2.05) is 0 Å². The maximum absolute atomic E-state index is 11.1. The Balaban J connectivity index is 2.71. The van der Waals surface area contributed by atoms with E-state index < -0.39 is 4.92 Å². The molecule has 5 nitrogen and oxygen atoms in total. The van der Waals surface area contributed by atoms with Crippen molar-refractivity contribution in [3.05, 3.63) is 21.9 Å². The summed E-state index contributed by atoms with van der Waals surface area (Å²) in [6.45, 7) is 1.79. The number of nitrogens with zero attached hydrogens (tertiary/aromatic N) is 2. The maximum atomic E-state index is 11.1. The van der Waals surface area contributed by atoms with Gasteiger partial charge in [0, 0.05) is 18.4 Å². The molecule has 0 N–H and O–H groups in total. The van der Waals surface area contributed by atoms with Gasteiger partial charge in [0.2, 0.25) is 12.5 Å². The minimum absolute atomic E-state index is 0.118. The summed E-state index contributed by atoms with van der Waals surface area (Å²) >= 11 is 0. The summed E-state index contributed by atoms with van der Waals surface area (Å²) in [5.74, 6) is -0.118. The molecule has 72 valence electrons. The van der Waals surface area contributed by atoms with Crippen molar-refractivity contribution in [3.63, 3.8) is 0 Å². The van der Waals surface area contributed by atoms with Crippen molar-refractivity contribution in [3.8, 4) is 0 Å². The normalized spacial score (nSPS) is 16.7. The van der Waals surface area contributed by atoms with Gasteiger partial charge in [-0.05, 0) is 12.8 Å². The molecule has 1 aliphatic heterocycles. The van der Waals surface area contributed by atoms with Crippen LogP contribution in [0.4, 0.5) is 0 Å². The topological polar surface area (TPSA) is 63.5 Å². The fourth-order valence-electron chi connectivity index (χ4n) is 1.41. The SMILES string of the molecule is CC(=O)N1CCCC=C1C[N+](=O)[O-]. The van der Waals surface area contributed by atoms with Crippen LogP contribution in [0.3, 0.4) is 0 Å². The van der Waals surface area contributed by atoms with E-state index in [0.717, 1.165) is 12.8 Å². The van der Waals surface area contributed by atoms with Crippen LogP contribution in [0.15, 0.2) is 11.8 Å². The van der Waals surface area contributed by atoms with Crippen LogP contribution in [0.2, 0.25) is 0 Å². The van der Waals surface area contributed by atoms with Gasteiger partial charge in [0.15, 0.2) is 0 Å². The van der Waals surface area contributed by atoms with Gasteiger partial charge in [-0.3, -0.25) is 14.9 Å². The third-order valence-corrected chi connectivity index (χ3v) is 1.98. The standard InChI is InChI=1S/C8H12N2O3/c1-7(11)9-5-3-2-4-8(9)6-10(12)13/h4H,2-3,5-6H2,1H3. The monoisotopic (exact) mass is 184 g/mol. The second-order valence-corrected chi connectivity index (χ2v) is 3.00. The van der Waals surface area contributed by atoms with Gasteiger partial charge in [-0.25, -0.2) is 0 Å². The lowest BCUT2D eigenvalue weighted by atomic mass is 10.1. The van der Waals surface area contributed by atoms with E-state index in [4.69, 9.17) is 0 Å². The highest BCUT2D eigenvalue weighted by Gasteiger charge is 2.20. The summed E-state index contributed by atoms with van der Waals surface area (Å²) in [5.41, 5.74) is 0.531. The number of hydrogen-bond acceptors (Lipinski definition) is 3. The summed E-state index contributed by atoms with van der Waals surface area (Å²) in [7, 11) is 0. The van der Waals surface area contributed by atoms with Crippen LogP contribution >= 0.6 is 0 Å². The molecule has 0 aliphatic carbocycles. The average molecular weight is 184 g/mol. The highest BCUT2D eigenvalue weighted by molar-refractivity contribution is 5.75. The highest BCUT2D eigenvalue weighted by atomic mass is 16.6. The summed E-state index contributed by atoms with van der Waals surface area (Å²) < 4.78 is 0. The van der Waals surface area contributed by atoms with Crippen LogP contribution in [0.25, 0.3) is 0 Å². The summed E-state index contributed by atoms with van der Waals surface area (Å²) in [4.78, 5) is 22.4. The molecule has 0 aromatic rings. The van der Waals surface area contributed by atoms with Gasteiger partial charge >= 0.3 is 0 Å². The quantitative estimate of drug-likeness (QED) is 0.470. The Hall–Kier alpha value is -1.39. The average Bonchev–Trinajstić information content (AvgIpc) is 2.03. The van der Waals surface area contributed by atoms with E-state index in [1.165, 1.54) is 11.8 Å². The number of rotatable bonds is 2. The second kappa shape index (κ2) is 4.02. The molecule has 0 fully saturated rings. The van der Waals surface area contributed by atoms with Crippen LogP contribution < -0.4 is 0 Å². The molecule has 0 radical (unpaired) electrons. The first-order valence-corrected chi connectivity index (χ1v) is 4.20. The van der Waals surface area contributed by atoms with Crippen molar-refractivity contribution in [1.29, 1.82) is 0 Å². The third kappa shape index (κ3) is 2.54. The van der Waals surface area contributed by atoms with E-state index in [2.05, 4.69) is 0 Å². The predicted octanol–water partition coefficient (Wildman–Crippen LogP) is 0.789. The molecular formula is C8H12N2O3. The number of nitro groups is 1. The number of hydrogen-bond donors (Lipinski definition) is 0. The fourth-order valence-corrected chi connectivity index (χ4v) is 1.41.